The second-order valence-corrected chi connectivity index (χ2v) is 9.23. The van der Waals surface area contributed by atoms with E-state index in [1.807, 2.05) is 55.5 Å². The van der Waals surface area contributed by atoms with Gasteiger partial charge in [-0.2, -0.15) is 0 Å². The average molecular weight is 419 g/mol. The lowest BCUT2D eigenvalue weighted by atomic mass is 9.95. The van der Waals surface area contributed by atoms with Crippen LogP contribution in [-0.2, 0) is 16.6 Å². The molecule has 0 spiro atoms. The van der Waals surface area contributed by atoms with Crippen molar-refractivity contribution in [3.05, 3.63) is 36.7 Å². The predicted molar refractivity (Wildman–Crippen MR) is 115 cm³/mol. The first kappa shape index (κ1) is 20.8. The average Bonchev–Trinajstić information content (AvgIpc) is 3.07. The largest absolute Gasteiger partial charge is 0.353 e. The predicted octanol–water partition coefficient (Wildman–Crippen LogP) is 3.69. The number of para-hydroxylation sites is 1. The van der Waals surface area contributed by atoms with Crippen LogP contribution in [0.5, 0.6) is 0 Å². The Morgan fingerprint density at radius 1 is 1.21 bits per heavy atom. The summed E-state index contributed by atoms with van der Waals surface area (Å²) in [6, 6.07) is 7.80. The van der Waals surface area contributed by atoms with Gasteiger partial charge in [0.2, 0.25) is 11.8 Å². The summed E-state index contributed by atoms with van der Waals surface area (Å²) in [6.07, 6.45) is 7.97. The fourth-order valence-corrected chi connectivity index (χ4v) is 5.21. The number of carbonyl (C=O) groups is 2. The zero-order valence-corrected chi connectivity index (χ0v) is 17.8. The third kappa shape index (κ3) is 6.04. The van der Waals surface area contributed by atoms with E-state index in [0.29, 0.717) is 11.0 Å². The Balaban J connectivity index is 1.41. The molecule has 1 saturated carbocycles. The molecule has 3 rings (SSSR count). The highest BCUT2D eigenvalue weighted by atomic mass is 32.2. The molecular weight excluding hydrogens is 392 g/mol. The smallest absolute Gasteiger partial charge is 0.230 e. The van der Waals surface area contributed by atoms with Crippen LogP contribution in [0.4, 0.5) is 5.69 Å². The van der Waals surface area contributed by atoms with Crippen molar-refractivity contribution in [3.8, 4) is 0 Å². The molecule has 2 aromatic rings. The van der Waals surface area contributed by atoms with Gasteiger partial charge in [0.1, 0.15) is 0 Å². The van der Waals surface area contributed by atoms with E-state index < -0.39 is 0 Å². The van der Waals surface area contributed by atoms with Crippen molar-refractivity contribution in [2.75, 3.05) is 11.1 Å². The van der Waals surface area contributed by atoms with Gasteiger partial charge >= 0.3 is 0 Å². The molecule has 6 nitrogen and oxygen atoms in total. The molecule has 1 fully saturated rings. The molecule has 1 heterocycles. The number of imidazole rings is 1. The highest BCUT2D eigenvalue weighted by Crippen LogP contribution is 2.33. The lowest BCUT2D eigenvalue weighted by molar-refractivity contribution is -0.119. The summed E-state index contributed by atoms with van der Waals surface area (Å²) < 4.78 is 2.05. The number of amides is 2. The molecule has 2 N–H and O–H groups in total. The molecule has 8 heteroatoms. The van der Waals surface area contributed by atoms with Gasteiger partial charge in [-0.15, -0.1) is 11.8 Å². The van der Waals surface area contributed by atoms with E-state index >= 15 is 0 Å². The minimum absolute atomic E-state index is 0.0443. The number of aryl methyl sites for hydroxylation is 1. The van der Waals surface area contributed by atoms with Gasteiger partial charge in [0.25, 0.3) is 0 Å². The molecule has 0 bridgehead atoms. The topological polar surface area (TPSA) is 76.0 Å². The van der Waals surface area contributed by atoms with Crippen molar-refractivity contribution in [2.45, 2.75) is 54.0 Å². The van der Waals surface area contributed by atoms with Crippen LogP contribution in [0.15, 0.2) is 46.7 Å². The summed E-state index contributed by atoms with van der Waals surface area (Å²) >= 11 is 3.28. The van der Waals surface area contributed by atoms with E-state index in [2.05, 4.69) is 20.2 Å². The fourth-order valence-electron chi connectivity index (χ4n) is 3.24. The van der Waals surface area contributed by atoms with Gasteiger partial charge in [-0.05, 0) is 37.8 Å². The standard InChI is InChI=1S/C20H26N4O2S2/c1-14(25)22-17-5-3-4-6-18(17)27-13-19(26)23-15-7-9-16(10-8-15)28-20-21-11-12-24(20)2/h3-6,11-12,15-16H,7-10,13H2,1-2H3,(H,22,25)(H,23,26). The molecule has 2 amide bonds. The van der Waals surface area contributed by atoms with Crippen LogP contribution >= 0.6 is 23.5 Å². The summed E-state index contributed by atoms with van der Waals surface area (Å²) in [7, 11) is 2.02. The van der Waals surface area contributed by atoms with E-state index in [1.54, 1.807) is 0 Å². The molecule has 1 aliphatic carbocycles. The maximum atomic E-state index is 12.4. The van der Waals surface area contributed by atoms with Crippen molar-refractivity contribution < 1.29 is 9.59 Å². The van der Waals surface area contributed by atoms with Gasteiger partial charge in [0.15, 0.2) is 5.16 Å². The Bertz CT molecular complexity index is 816. The number of nitrogens with zero attached hydrogens (tertiary/aromatic N) is 2. The Morgan fingerprint density at radius 2 is 1.96 bits per heavy atom. The Morgan fingerprint density at radius 3 is 2.64 bits per heavy atom. The zero-order valence-electron chi connectivity index (χ0n) is 16.2. The van der Waals surface area contributed by atoms with Gasteiger partial charge in [-0.25, -0.2) is 4.98 Å². The summed E-state index contributed by atoms with van der Waals surface area (Å²) in [6.45, 7) is 1.48. The molecule has 1 aliphatic rings. The number of aromatic nitrogens is 2. The first-order valence-corrected chi connectivity index (χ1v) is 11.3. The molecule has 1 aromatic heterocycles. The molecule has 0 unspecified atom stereocenters. The molecule has 0 saturated heterocycles. The van der Waals surface area contributed by atoms with Gasteiger partial charge in [0, 0.05) is 42.6 Å². The number of carbonyl (C=O) groups excluding carboxylic acids is 2. The Hall–Kier alpha value is -1.93. The third-order valence-corrected chi connectivity index (χ3v) is 7.13. The van der Waals surface area contributed by atoms with Gasteiger partial charge in [-0.1, -0.05) is 23.9 Å². The monoisotopic (exact) mass is 418 g/mol. The highest BCUT2D eigenvalue weighted by molar-refractivity contribution is 8.00. The van der Waals surface area contributed by atoms with Crippen LogP contribution in [-0.4, -0.2) is 38.4 Å². The minimum Gasteiger partial charge on any atom is -0.353 e. The first-order valence-electron chi connectivity index (χ1n) is 9.44. The zero-order chi connectivity index (χ0) is 19.9. The molecule has 1 aromatic carbocycles. The molecule has 28 heavy (non-hydrogen) atoms. The summed E-state index contributed by atoms with van der Waals surface area (Å²) in [5.41, 5.74) is 0.750. The SMILES string of the molecule is CC(=O)Nc1ccccc1SCC(=O)NC1CCC(Sc2nccn2C)CC1. The maximum absolute atomic E-state index is 12.4. The van der Waals surface area contributed by atoms with Crippen molar-refractivity contribution >= 4 is 41.0 Å². The van der Waals surface area contributed by atoms with Crippen molar-refractivity contribution in [1.29, 1.82) is 0 Å². The minimum atomic E-state index is -0.113. The lowest BCUT2D eigenvalue weighted by Crippen LogP contribution is -2.39. The van der Waals surface area contributed by atoms with E-state index in [4.69, 9.17) is 0 Å². The van der Waals surface area contributed by atoms with Crippen LogP contribution in [0.25, 0.3) is 0 Å². The highest BCUT2D eigenvalue weighted by Gasteiger charge is 2.24. The number of nitrogens with one attached hydrogen (secondary N) is 2. The lowest BCUT2D eigenvalue weighted by Gasteiger charge is -2.28. The quantitative estimate of drug-likeness (QED) is 0.671. The fraction of sp³-hybridized carbons (Fsp3) is 0.450. The third-order valence-electron chi connectivity index (χ3n) is 4.64. The second kappa shape index (κ2) is 10.0. The van der Waals surface area contributed by atoms with Crippen LogP contribution in [0.2, 0.25) is 0 Å². The Kier molecular flexibility index (Phi) is 7.44. The van der Waals surface area contributed by atoms with Crippen molar-refractivity contribution in [1.82, 2.24) is 14.9 Å². The van der Waals surface area contributed by atoms with Crippen molar-refractivity contribution in [3.63, 3.8) is 0 Å². The second-order valence-electron chi connectivity index (χ2n) is 6.95. The first-order chi connectivity index (χ1) is 13.5. The van der Waals surface area contributed by atoms with E-state index in [-0.39, 0.29) is 17.9 Å². The number of benzene rings is 1. The number of anilines is 1. The summed E-state index contributed by atoms with van der Waals surface area (Å²) in [5.74, 6) is 0.277. The van der Waals surface area contributed by atoms with E-state index in [1.165, 1.54) is 18.7 Å². The van der Waals surface area contributed by atoms with E-state index in [9.17, 15) is 9.59 Å². The Labute approximate surface area is 174 Å². The number of rotatable bonds is 7. The van der Waals surface area contributed by atoms with Crippen LogP contribution in [0, 0.1) is 0 Å². The van der Waals surface area contributed by atoms with Crippen molar-refractivity contribution in [2.24, 2.45) is 7.05 Å². The number of hydrogen-bond donors (Lipinski definition) is 2. The van der Waals surface area contributed by atoms with Crippen LogP contribution in [0.3, 0.4) is 0 Å². The normalized spacial score (nSPS) is 19.2. The van der Waals surface area contributed by atoms with Gasteiger partial charge in [-0.3, -0.25) is 9.59 Å². The van der Waals surface area contributed by atoms with Crippen LogP contribution < -0.4 is 10.6 Å². The van der Waals surface area contributed by atoms with Gasteiger partial charge in [0.05, 0.1) is 11.4 Å². The molecule has 0 aliphatic heterocycles. The van der Waals surface area contributed by atoms with Crippen LogP contribution in [0.1, 0.15) is 32.6 Å². The molecule has 150 valence electrons. The summed E-state index contributed by atoms with van der Waals surface area (Å²) in [5, 5.41) is 7.59. The van der Waals surface area contributed by atoms with Gasteiger partial charge < -0.3 is 15.2 Å². The maximum Gasteiger partial charge on any atom is 0.230 e. The summed E-state index contributed by atoms with van der Waals surface area (Å²) in [4.78, 5) is 29.0. The molecular formula is C20H26N4O2S2. The number of thioether (sulfide) groups is 2. The van der Waals surface area contributed by atoms with E-state index in [0.717, 1.165) is 41.4 Å². The molecule has 0 radical (unpaired) electrons. The molecule has 0 atom stereocenters. The number of hydrogen-bond acceptors (Lipinski definition) is 5.